The molecule has 1 fully saturated rings. The molecule has 0 aromatic heterocycles. The minimum absolute atomic E-state index is 0.359. The second-order valence-corrected chi connectivity index (χ2v) is 3.63. The Morgan fingerprint density at radius 1 is 1.29 bits per heavy atom. The zero-order valence-electron chi connectivity index (χ0n) is 7.94. The molecule has 0 aliphatic carbocycles. The van der Waals surface area contributed by atoms with Crippen LogP contribution in [0.5, 0.6) is 0 Å². The summed E-state index contributed by atoms with van der Waals surface area (Å²) in [5.41, 5.74) is 1.55. The van der Waals surface area contributed by atoms with Crippen molar-refractivity contribution in [3.05, 3.63) is 35.4 Å². The van der Waals surface area contributed by atoms with Gasteiger partial charge in [-0.3, -0.25) is 4.90 Å². The van der Waals surface area contributed by atoms with E-state index in [2.05, 4.69) is 4.90 Å². The molecule has 0 unspecified atom stereocenters. The smallest absolute Gasteiger partial charge is 0.335 e. The van der Waals surface area contributed by atoms with Crippen LogP contribution in [0, 0.1) is 0 Å². The van der Waals surface area contributed by atoms with Gasteiger partial charge in [-0.05, 0) is 37.2 Å². The van der Waals surface area contributed by atoms with Crippen LogP contribution in [-0.2, 0) is 6.54 Å². The fourth-order valence-corrected chi connectivity index (χ4v) is 1.55. The lowest BCUT2D eigenvalue weighted by Gasteiger charge is -2.30. The maximum absolute atomic E-state index is 10.6. The van der Waals surface area contributed by atoms with Gasteiger partial charge >= 0.3 is 5.97 Å². The highest BCUT2D eigenvalue weighted by molar-refractivity contribution is 5.87. The highest BCUT2D eigenvalue weighted by atomic mass is 16.4. The van der Waals surface area contributed by atoms with E-state index in [4.69, 9.17) is 5.11 Å². The van der Waals surface area contributed by atoms with Crippen molar-refractivity contribution in [1.82, 2.24) is 4.90 Å². The number of hydrogen-bond acceptors (Lipinski definition) is 2. The molecule has 74 valence electrons. The number of likely N-dealkylation sites (tertiary alicyclic amines) is 1. The second-order valence-electron chi connectivity index (χ2n) is 3.63. The van der Waals surface area contributed by atoms with Crippen LogP contribution in [0.2, 0.25) is 0 Å². The Labute approximate surface area is 83.0 Å². The number of carboxylic acids is 1. The third-order valence-electron chi connectivity index (χ3n) is 2.56. The van der Waals surface area contributed by atoms with Crippen LogP contribution in [0.25, 0.3) is 0 Å². The number of hydrogen-bond donors (Lipinski definition) is 1. The quantitative estimate of drug-likeness (QED) is 0.788. The molecule has 1 aliphatic heterocycles. The molecule has 2 rings (SSSR count). The molecular formula is C11H13NO2. The Bertz CT molecular complexity index is 328. The van der Waals surface area contributed by atoms with Crippen molar-refractivity contribution in [2.75, 3.05) is 13.1 Å². The first-order valence-electron chi connectivity index (χ1n) is 4.80. The van der Waals surface area contributed by atoms with Gasteiger partial charge in [-0.1, -0.05) is 12.1 Å². The number of aromatic carboxylic acids is 1. The van der Waals surface area contributed by atoms with Gasteiger partial charge in [0.25, 0.3) is 0 Å². The summed E-state index contributed by atoms with van der Waals surface area (Å²) in [5, 5.41) is 8.70. The topological polar surface area (TPSA) is 40.5 Å². The van der Waals surface area contributed by atoms with Gasteiger partial charge < -0.3 is 5.11 Å². The lowest BCUT2D eigenvalue weighted by Crippen LogP contribution is -2.36. The molecule has 14 heavy (non-hydrogen) atoms. The van der Waals surface area contributed by atoms with Crippen molar-refractivity contribution in [1.29, 1.82) is 0 Å². The molecule has 0 amide bonds. The number of carboxylic acid groups (broad SMARTS) is 1. The summed E-state index contributed by atoms with van der Waals surface area (Å²) in [6.07, 6.45) is 1.28. The zero-order valence-corrected chi connectivity index (χ0v) is 7.94. The van der Waals surface area contributed by atoms with Crippen LogP contribution in [0.1, 0.15) is 22.3 Å². The standard InChI is InChI=1S/C11H13NO2/c13-11(14)10-4-2-9(3-5-10)8-12-6-1-7-12/h2-5H,1,6-8H2,(H,13,14). The van der Waals surface area contributed by atoms with Crippen molar-refractivity contribution in [3.8, 4) is 0 Å². The summed E-state index contributed by atoms with van der Waals surface area (Å²) in [4.78, 5) is 12.9. The fraction of sp³-hybridized carbons (Fsp3) is 0.364. The zero-order chi connectivity index (χ0) is 9.97. The summed E-state index contributed by atoms with van der Waals surface area (Å²) >= 11 is 0. The highest BCUT2D eigenvalue weighted by Gasteiger charge is 2.13. The van der Waals surface area contributed by atoms with Gasteiger partial charge in [0.2, 0.25) is 0 Å². The maximum Gasteiger partial charge on any atom is 0.335 e. The number of nitrogens with zero attached hydrogens (tertiary/aromatic N) is 1. The molecule has 1 heterocycles. The number of benzene rings is 1. The lowest BCUT2D eigenvalue weighted by atomic mass is 10.1. The highest BCUT2D eigenvalue weighted by Crippen LogP contribution is 2.12. The van der Waals surface area contributed by atoms with Gasteiger partial charge in [-0.2, -0.15) is 0 Å². The monoisotopic (exact) mass is 191 g/mol. The molecule has 3 heteroatoms. The summed E-state index contributed by atoms with van der Waals surface area (Å²) in [5.74, 6) is -0.861. The van der Waals surface area contributed by atoms with E-state index >= 15 is 0 Å². The number of rotatable bonds is 3. The van der Waals surface area contributed by atoms with E-state index in [1.54, 1.807) is 12.1 Å². The van der Waals surface area contributed by atoms with Gasteiger partial charge in [0.15, 0.2) is 0 Å². The van der Waals surface area contributed by atoms with Crippen LogP contribution in [0.3, 0.4) is 0 Å². The molecule has 0 radical (unpaired) electrons. The summed E-state index contributed by atoms with van der Waals surface area (Å²) in [7, 11) is 0. The molecule has 0 saturated carbocycles. The molecule has 0 atom stereocenters. The molecule has 0 spiro atoms. The Hall–Kier alpha value is -1.35. The van der Waals surface area contributed by atoms with Crippen molar-refractivity contribution in [2.45, 2.75) is 13.0 Å². The van der Waals surface area contributed by atoms with Gasteiger partial charge in [0.1, 0.15) is 0 Å². The predicted molar refractivity (Wildman–Crippen MR) is 53.3 cm³/mol. The van der Waals surface area contributed by atoms with Crippen LogP contribution in [0.4, 0.5) is 0 Å². The van der Waals surface area contributed by atoms with Crippen molar-refractivity contribution >= 4 is 5.97 Å². The first-order valence-corrected chi connectivity index (χ1v) is 4.80. The third-order valence-corrected chi connectivity index (χ3v) is 2.56. The van der Waals surface area contributed by atoms with E-state index in [1.165, 1.54) is 25.1 Å². The molecule has 1 aromatic carbocycles. The van der Waals surface area contributed by atoms with Crippen molar-refractivity contribution in [2.24, 2.45) is 0 Å². The molecular weight excluding hydrogens is 178 g/mol. The average Bonchev–Trinajstić information content (AvgIpc) is 2.12. The van der Waals surface area contributed by atoms with E-state index in [-0.39, 0.29) is 0 Å². The first kappa shape index (κ1) is 9.21. The predicted octanol–water partition coefficient (Wildman–Crippen LogP) is 1.59. The Kier molecular flexibility index (Phi) is 2.50. The molecule has 1 saturated heterocycles. The van der Waals surface area contributed by atoms with Gasteiger partial charge in [-0.25, -0.2) is 4.79 Å². The molecule has 1 aliphatic rings. The third kappa shape index (κ3) is 1.93. The summed E-state index contributed by atoms with van der Waals surface area (Å²) < 4.78 is 0. The molecule has 1 N–H and O–H groups in total. The number of carbonyl (C=O) groups is 1. The lowest BCUT2D eigenvalue weighted by molar-refractivity contribution is 0.0697. The Morgan fingerprint density at radius 3 is 2.36 bits per heavy atom. The van der Waals surface area contributed by atoms with E-state index < -0.39 is 5.97 Å². The van der Waals surface area contributed by atoms with E-state index in [9.17, 15) is 4.79 Å². The summed E-state index contributed by atoms with van der Waals surface area (Å²) in [6.45, 7) is 3.28. The molecule has 0 bridgehead atoms. The van der Waals surface area contributed by atoms with Crippen LogP contribution in [-0.4, -0.2) is 29.1 Å². The molecule has 1 aromatic rings. The maximum atomic E-state index is 10.6. The SMILES string of the molecule is O=C(O)c1ccc(CN2CCC2)cc1. The molecule has 3 nitrogen and oxygen atoms in total. The first-order chi connectivity index (χ1) is 6.75. The van der Waals surface area contributed by atoms with Crippen LogP contribution in [0.15, 0.2) is 24.3 Å². The largest absolute Gasteiger partial charge is 0.478 e. The fourth-order valence-electron chi connectivity index (χ4n) is 1.55. The normalized spacial score (nSPS) is 16.3. The summed E-state index contributed by atoms with van der Waals surface area (Å²) in [6, 6.07) is 7.11. The second kappa shape index (κ2) is 3.80. The van der Waals surface area contributed by atoms with E-state index in [0.717, 1.165) is 6.54 Å². The van der Waals surface area contributed by atoms with E-state index in [0.29, 0.717) is 5.56 Å². The van der Waals surface area contributed by atoms with Crippen molar-refractivity contribution < 1.29 is 9.90 Å². The van der Waals surface area contributed by atoms with E-state index in [1.807, 2.05) is 12.1 Å². The van der Waals surface area contributed by atoms with Crippen LogP contribution >= 0.6 is 0 Å². The Morgan fingerprint density at radius 2 is 1.93 bits per heavy atom. The van der Waals surface area contributed by atoms with Crippen molar-refractivity contribution in [3.63, 3.8) is 0 Å². The van der Waals surface area contributed by atoms with Gasteiger partial charge in [0.05, 0.1) is 5.56 Å². The van der Waals surface area contributed by atoms with Crippen LogP contribution < -0.4 is 0 Å². The van der Waals surface area contributed by atoms with Gasteiger partial charge in [-0.15, -0.1) is 0 Å². The minimum Gasteiger partial charge on any atom is -0.478 e. The Balaban J connectivity index is 2.01. The minimum atomic E-state index is -0.861. The van der Waals surface area contributed by atoms with Gasteiger partial charge in [0, 0.05) is 6.54 Å². The average molecular weight is 191 g/mol.